The summed E-state index contributed by atoms with van der Waals surface area (Å²) < 4.78 is 3.10. The normalized spacial score (nSPS) is 25.1. The quantitative estimate of drug-likeness (QED) is 0.822. The summed E-state index contributed by atoms with van der Waals surface area (Å²) in [5.74, 6) is 2.08. The minimum absolute atomic E-state index is 0.589. The molecule has 0 unspecified atom stereocenters. The first-order valence-electron chi connectivity index (χ1n) is 6.92. The van der Waals surface area contributed by atoms with Gasteiger partial charge in [-0.25, -0.2) is 0 Å². The highest BCUT2D eigenvalue weighted by Gasteiger charge is 2.23. The molecule has 0 aromatic carbocycles. The lowest BCUT2D eigenvalue weighted by molar-refractivity contribution is 0.264. The van der Waals surface area contributed by atoms with Crippen LogP contribution in [0.2, 0.25) is 0 Å². The van der Waals surface area contributed by atoms with Gasteiger partial charge in [-0.05, 0) is 50.2 Å². The number of rotatable bonds is 4. The van der Waals surface area contributed by atoms with E-state index in [0.29, 0.717) is 6.04 Å². The maximum atomic E-state index is 5.37. The molecule has 0 saturated heterocycles. The van der Waals surface area contributed by atoms with Crippen molar-refractivity contribution < 1.29 is 0 Å². The summed E-state index contributed by atoms with van der Waals surface area (Å²) in [6.45, 7) is 4.49. The number of nitrogens with one attached hydrogen (secondary N) is 1. The van der Waals surface area contributed by atoms with Crippen LogP contribution in [0.15, 0.2) is 0 Å². The summed E-state index contributed by atoms with van der Waals surface area (Å²) in [6.07, 6.45) is 8.71. The minimum atomic E-state index is 0.589. The predicted molar refractivity (Wildman–Crippen MR) is 72.7 cm³/mol. The zero-order chi connectivity index (χ0) is 12.3. The predicted octanol–water partition coefficient (Wildman–Crippen LogP) is 4.03. The largest absolute Gasteiger partial charge is 0.301 e. The highest BCUT2D eigenvalue weighted by atomic mass is 32.1. The molecule has 1 aliphatic carbocycles. The molecule has 1 aliphatic rings. The minimum Gasteiger partial charge on any atom is -0.301 e. The molecule has 1 N–H and O–H groups in total. The number of H-pyrrole nitrogens is 1. The van der Waals surface area contributed by atoms with Gasteiger partial charge in [0.15, 0.2) is 4.77 Å². The zero-order valence-electron chi connectivity index (χ0n) is 10.9. The van der Waals surface area contributed by atoms with Gasteiger partial charge in [-0.15, -0.1) is 0 Å². The number of aryl methyl sites for hydroxylation is 1. The Morgan fingerprint density at radius 1 is 1.29 bits per heavy atom. The van der Waals surface area contributed by atoms with E-state index in [4.69, 9.17) is 12.2 Å². The van der Waals surface area contributed by atoms with Gasteiger partial charge in [0.1, 0.15) is 5.82 Å². The van der Waals surface area contributed by atoms with Crippen molar-refractivity contribution in [3.8, 4) is 0 Å². The van der Waals surface area contributed by atoms with Gasteiger partial charge in [0.2, 0.25) is 0 Å². The fraction of sp³-hybridized carbons (Fsp3) is 0.846. The van der Waals surface area contributed by atoms with Gasteiger partial charge in [0, 0.05) is 12.5 Å². The first-order chi connectivity index (χ1) is 8.26. The monoisotopic (exact) mass is 253 g/mol. The van der Waals surface area contributed by atoms with Crippen LogP contribution in [0.1, 0.15) is 64.2 Å². The second-order valence-electron chi connectivity index (χ2n) is 5.15. The highest BCUT2D eigenvalue weighted by Crippen LogP contribution is 2.34. The molecular weight excluding hydrogens is 230 g/mol. The Labute approximate surface area is 109 Å². The van der Waals surface area contributed by atoms with Crippen molar-refractivity contribution >= 4 is 12.2 Å². The van der Waals surface area contributed by atoms with Gasteiger partial charge in [0.05, 0.1) is 0 Å². The lowest BCUT2D eigenvalue weighted by atomic mass is 9.84. The summed E-state index contributed by atoms with van der Waals surface area (Å²) in [4.78, 5) is 0. The van der Waals surface area contributed by atoms with Gasteiger partial charge >= 0.3 is 0 Å². The fourth-order valence-electron chi connectivity index (χ4n) is 2.93. The van der Waals surface area contributed by atoms with Crippen molar-refractivity contribution in [2.75, 3.05) is 0 Å². The number of hydrogen-bond donors (Lipinski definition) is 1. The first-order valence-corrected chi connectivity index (χ1v) is 7.32. The second kappa shape index (κ2) is 5.80. The van der Waals surface area contributed by atoms with Gasteiger partial charge in [-0.3, -0.25) is 5.10 Å². The van der Waals surface area contributed by atoms with E-state index in [-0.39, 0.29) is 0 Å². The molecule has 2 rings (SSSR count). The zero-order valence-corrected chi connectivity index (χ0v) is 11.7. The highest BCUT2D eigenvalue weighted by molar-refractivity contribution is 7.71. The molecule has 96 valence electrons. The van der Waals surface area contributed by atoms with E-state index in [9.17, 15) is 0 Å². The van der Waals surface area contributed by atoms with E-state index < -0.39 is 0 Å². The molecule has 3 nitrogen and oxygen atoms in total. The van der Waals surface area contributed by atoms with E-state index in [1.54, 1.807) is 0 Å². The van der Waals surface area contributed by atoms with Crippen LogP contribution >= 0.6 is 12.2 Å². The Balaban J connectivity index is 2.12. The molecule has 4 heteroatoms. The van der Waals surface area contributed by atoms with Gasteiger partial charge in [-0.2, -0.15) is 5.10 Å². The third-order valence-corrected chi connectivity index (χ3v) is 4.30. The standard InChI is InChI=1S/C13H23N3S/c1-3-5-12-14-15-13(17)16(12)11-8-6-10(4-2)7-9-11/h10-11H,3-9H2,1-2H3,(H,15,17). The van der Waals surface area contributed by atoms with E-state index >= 15 is 0 Å². The van der Waals surface area contributed by atoms with Crippen LogP contribution in [0.5, 0.6) is 0 Å². The molecule has 0 aliphatic heterocycles. The molecule has 0 spiro atoms. The molecule has 0 amide bonds. The van der Waals surface area contributed by atoms with Crippen LogP contribution in [0.3, 0.4) is 0 Å². The van der Waals surface area contributed by atoms with Crippen molar-refractivity contribution in [3.63, 3.8) is 0 Å². The lowest BCUT2D eigenvalue weighted by Gasteiger charge is -2.29. The third-order valence-electron chi connectivity index (χ3n) is 4.01. The van der Waals surface area contributed by atoms with Gasteiger partial charge in [-0.1, -0.05) is 20.3 Å². The maximum absolute atomic E-state index is 5.37. The summed E-state index contributed by atoms with van der Waals surface area (Å²) in [7, 11) is 0. The Morgan fingerprint density at radius 3 is 2.59 bits per heavy atom. The summed E-state index contributed by atoms with van der Waals surface area (Å²) in [5, 5.41) is 7.33. The number of hydrogen-bond acceptors (Lipinski definition) is 2. The number of aromatic nitrogens is 3. The average Bonchev–Trinajstić information content (AvgIpc) is 2.71. The lowest BCUT2D eigenvalue weighted by Crippen LogP contribution is -2.19. The van der Waals surface area contributed by atoms with Gasteiger partial charge in [0.25, 0.3) is 0 Å². The maximum Gasteiger partial charge on any atom is 0.195 e. The van der Waals surface area contributed by atoms with E-state index in [0.717, 1.165) is 29.4 Å². The second-order valence-corrected chi connectivity index (χ2v) is 5.53. The Morgan fingerprint density at radius 2 is 2.00 bits per heavy atom. The topological polar surface area (TPSA) is 33.6 Å². The van der Waals surface area contributed by atoms with Crippen LogP contribution < -0.4 is 0 Å². The van der Waals surface area contributed by atoms with Crippen LogP contribution in [0.25, 0.3) is 0 Å². The average molecular weight is 253 g/mol. The molecule has 1 saturated carbocycles. The number of aromatic amines is 1. The molecule has 17 heavy (non-hydrogen) atoms. The molecule has 1 aromatic rings. The Kier molecular flexibility index (Phi) is 4.37. The fourth-order valence-corrected chi connectivity index (χ4v) is 3.23. The van der Waals surface area contributed by atoms with Crippen molar-refractivity contribution in [1.29, 1.82) is 0 Å². The molecule has 1 heterocycles. The molecule has 0 atom stereocenters. The SMILES string of the molecule is CCCc1n[nH]c(=S)n1C1CCC(CC)CC1. The molecule has 1 aromatic heterocycles. The summed E-state index contributed by atoms with van der Waals surface area (Å²) in [6, 6.07) is 0.589. The van der Waals surface area contributed by atoms with Gasteiger partial charge < -0.3 is 4.57 Å². The molecule has 1 fully saturated rings. The number of nitrogens with zero attached hydrogens (tertiary/aromatic N) is 2. The molecule has 0 radical (unpaired) electrons. The third kappa shape index (κ3) is 2.79. The molecular formula is C13H23N3S. The van der Waals surface area contributed by atoms with Crippen LogP contribution in [0, 0.1) is 10.7 Å². The Bertz CT molecular complexity index is 399. The summed E-state index contributed by atoms with van der Waals surface area (Å²) >= 11 is 5.37. The Hall–Kier alpha value is -0.640. The van der Waals surface area contributed by atoms with Crippen molar-refractivity contribution in [1.82, 2.24) is 14.8 Å². The van der Waals surface area contributed by atoms with Crippen molar-refractivity contribution in [2.24, 2.45) is 5.92 Å². The first kappa shape index (κ1) is 12.8. The van der Waals surface area contributed by atoms with Crippen molar-refractivity contribution in [2.45, 2.75) is 64.8 Å². The van der Waals surface area contributed by atoms with E-state index in [2.05, 4.69) is 28.6 Å². The molecule has 0 bridgehead atoms. The van der Waals surface area contributed by atoms with Crippen LogP contribution in [0.4, 0.5) is 0 Å². The van der Waals surface area contributed by atoms with E-state index in [1.807, 2.05) is 0 Å². The van der Waals surface area contributed by atoms with Crippen LogP contribution in [-0.2, 0) is 6.42 Å². The van der Waals surface area contributed by atoms with Crippen molar-refractivity contribution in [3.05, 3.63) is 10.6 Å². The summed E-state index contributed by atoms with van der Waals surface area (Å²) in [5.41, 5.74) is 0. The van der Waals surface area contributed by atoms with E-state index in [1.165, 1.54) is 32.1 Å². The smallest absolute Gasteiger partial charge is 0.195 e. The van der Waals surface area contributed by atoms with Crippen LogP contribution in [-0.4, -0.2) is 14.8 Å².